The van der Waals surface area contributed by atoms with Crippen molar-refractivity contribution >= 4 is 14.3 Å². The lowest BCUT2D eigenvalue weighted by Crippen LogP contribution is -2.43. The van der Waals surface area contributed by atoms with E-state index in [4.69, 9.17) is 9.16 Å². The van der Waals surface area contributed by atoms with Gasteiger partial charge >= 0.3 is 5.97 Å². The maximum Gasteiger partial charge on any atom is 0.302 e. The molecule has 0 aromatic heterocycles. The third kappa shape index (κ3) is 5.63. The normalized spacial score (nSPS) is 14.7. The highest BCUT2D eigenvalue weighted by Crippen LogP contribution is 2.36. The molecular formula is C11H24O4Si. The Morgan fingerprint density at radius 3 is 2.19 bits per heavy atom. The molecule has 1 N–H and O–H groups in total. The Morgan fingerprint density at radius 1 is 1.31 bits per heavy atom. The topological polar surface area (TPSA) is 55.8 Å². The summed E-state index contributed by atoms with van der Waals surface area (Å²) in [5, 5.41) is 9.67. The van der Waals surface area contributed by atoms with Gasteiger partial charge in [-0.15, -0.1) is 0 Å². The van der Waals surface area contributed by atoms with Gasteiger partial charge < -0.3 is 14.3 Å². The van der Waals surface area contributed by atoms with Crippen LogP contribution >= 0.6 is 0 Å². The zero-order chi connectivity index (χ0) is 13.0. The summed E-state index contributed by atoms with van der Waals surface area (Å²) in [5.41, 5.74) is 0. The predicted octanol–water partition coefficient (Wildman–Crippen LogP) is 1.93. The van der Waals surface area contributed by atoms with E-state index >= 15 is 0 Å². The van der Waals surface area contributed by atoms with Gasteiger partial charge in [-0.05, 0) is 18.1 Å². The molecule has 0 saturated heterocycles. The summed E-state index contributed by atoms with van der Waals surface area (Å²) in [6, 6.07) is 0. The second kappa shape index (κ2) is 5.79. The molecule has 0 fully saturated rings. The maximum atomic E-state index is 10.5. The molecule has 0 aromatic rings. The summed E-state index contributed by atoms with van der Waals surface area (Å²) >= 11 is 0. The fourth-order valence-corrected chi connectivity index (χ4v) is 1.82. The zero-order valence-electron chi connectivity index (χ0n) is 11.2. The third-order valence-electron chi connectivity index (χ3n) is 2.92. The maximum absolute atomic E-state index is 10.5. The molecule has 96 valence electrons. The summed E-state index contributed by atoms with van der Waals surface area (Å²) < 4.78 is 10.5. The highest BCUT2D eigenvalue weighted by molar-refractivity contribution is 6.74. The van der Waals surface area contributed by atoms with Gasteiger partial charge in [-0.1, -0.05) is 20.8 Å². The zero-order valence-corrected chi connectivity index (χ0v) is 12.2. The van der Waals surface area contributed by atoms with Crippen molar-refractivity contribution in [2.75, 3.05) is 13.2 Å². The molecule has 0 aliphatic heterocycles. The molecule has 0 radical (unpaired) electrons. The molecule has 0 amide bonds. The molecule has 4 nitrogen and oxygen atoms in total. The van der Waals surface area contributed by atoms with Crippen molar-refractivity contribution in [1.82, 2.24) is 0 Å². The first-order chi connectivity index (χ1) is 7.06. The minimum atomic E-state index is -1.82. The summed E-state index contributed by atoms with van der Waals surface area (Å²) in [4.78, 5) is 10.5. The van der Waals surface area contributed by atoms with Crippen LogP contribution in [0.4, 0.5) is 0 Å². The van der Waals surface area contributed by atoms with Gasteiger partial charge in [-0.2, -0.15) is 0 Å². The molecule has 1 atom stereocenters. The average molecular weight is 248 g/mol. The highest BCUT2D eigenvalue weighted by atomic mass is 28.4. The minimum absolute atomic E-state index is 0.00392. The van der Waals surface area contributed by atoms with E-state index in [1.807, 2.05) is 0 Å². The number of ether oxygens (including phenoxy) is 1. The van der Waals surface area contributed by atoms with Crippen LogP contribution in [0, 0.1) is 0 Å². The Bertz CT molecular complexity index is 233. The predicted molar refractivity (Wildman–Crippen MR) is 65.8 cm³/mol. The number of carbonyl (C=O) groups excluding carboxylic acids is 1. The second-order valence-corrected chi connectivity index (χ2v) is 10.3. The lowest BCUT2D eigenvalue weighted by Gasteiger charge is -2.36. The van der Waals surface area contributed by atoms with Crippen molar-refractivity contribution in [2.24, 2.45) is 0 Å². The first kappa shape index (κ1) is 15.6. The van der Waals surface area contributed by atoms with E-state index in [0.29, 0.717) is 0 Å². The molecule has 0 aliphatic carbocycles. The number of aliphatic hydroxyl groups excluding tert-OH is 1. The lowest BCUT2D eigenvalue weighted by atomic mass is 10.2. The highest BCUT2D eigenvalue weighted by Gasteiger charge is 2.37. The lowest BCUT2D eigenvalue weighted by molar-refractivity contribution is -0.144. The average Bonchev–Trinajstić information content (AvgIpc) is 2.09. The molecule has 0 aromatic carbocycles. The molecule has 0 aliphatic rings. The Hall–Kier alpha value is -0.393. The molecule has 16 heavy (non-hydrogen) atoms. The van der Waals surface area contributed by atoms with E-state index < -0.39 is 14.4 Å². The fraction of sp³-hybridized carbons (Fsp3) is 0.909. The van der Waals surface area contributed by atoms with E-state index in [1.165, 1.54) is 6.92 Å². The molecule has 0 saturated carbocycles. The molecule has 0 rings (SSSR count). The summed E-state index contributed by atoms with van der Waals surface area (Å²) in [5.74, 6) is -0.383. The molecule has 0 unspecified atom stereocenters. The fourth-order valence-electron chi connectivity index (χ4n) is 0.783. The largest absolute Gasteiger partial charge is 0.463 e. The van der Waals surface area contributed by atoms with Crippen LogP contribution in [-0.2, 0) is 14.0 Å². The monoisotopic (exact) mass is 248 g/mol. The van der Waals surface area contributed by atoms with Gasteiger partial charge in [-0.3, -0.25) is 4.79 Å². The molecule has 5 heteroatoms. The Morgan fingerprint density at radius 2 is 1.81 bits per heavy atom. The third-order valence-corrected chi connectivity index (χ3v) is 7.42. The quantitative estimate of drug-likeness (QED) is 0.596. The Kier molecular flexibility index (Phi) is 5.65. The van der Waals surface area contributed by atoms with Gasteiger partial charge in [0, 0.05) is 6.92 Å². The number of aliphatic hydroxyl groups is 1. The van der Waals surface area contributed by atoms with Crippen LogP contribution in [0.3, 0.4) is 0 Å². The number of hydrogen-bond acceptors (Lipinski definition) is 4. The van der Waals surface area contributed by atoms with Crippen LogP contribution in [0.2, 0.25) is 18.1 Å². The van der Waals surface area contributed by atoms with Crippen molar-refractivity contribution in [3.05, 3.63) is 0 Å². The standard InChI is InChI=1S/C11H24O4Si/c1-9(12)14-7-10(13)8-15-16(5,6)11(2,3)4/h10,13H,7-8H2,1-6H3/t10-/m1/s1. The van der Waals surface area contributed by atoms with Gasteiger partial charge in [0.25, 0.3) is 0 Å². The number of carbonyl (C=O) groups is 1. The number of hydrogen-bond donors (Lipinski definition) is 1. The van der Waals surface area contributed by atoms with Crippen LogP contribution in [0.1, 0.15) is 27.7 Å². The molecule has 0 spiro atoms. The number of rotatable bonds is 5. The number of esters is 1. The van der Waals surface area contributed by atoms with Crippen LogP contribution < -0.4 is 0 Å². The van der Waals surface area contributed by atoms with Crippen molar-refractivity contribution < 1.29 is 19.1 Å². The van der Waals surface area contributed by atoms with Gasteiger partial charge in [-0.25, -0.2) is 0 Å². The van der Waals surface area contributed by atoms with E-state index in [1.54, 1.807) is 0 Å². The van der Waals surface area contributed by atoms with Crippen LogP contribution in [0.25, 0.3) is 0 Å². The summed E-state index contributed by atoms with van der Waals surface area (Å²) in [6.45, 7) is 12.2. The van der Waals surface area contributed by atoms with Crippen molar-refractivity contribution in [2.45, 2.75) is 51.9 Å². The van der Waals surface area contributed by atoms with E-state index in [9.17, 15) is 9.90 Å². The minimum Gasteiger partial charge on any atom is -0.463 e. The van der Waals surface area contributed by atoms with Crippen molar-refractivity contribution in [1.29, 1.82) is 0 Å². The van der Waals surface area contributed by atoms with E-state index in [0.717, 1.165) is 0 Å². The summed E-state index contributed by atoms with van der Waals surface area (Å²) in [7, 11) is -1.82. The van der Waals surface area contributed by atoms with Crippen molar-refractivity contribution in [3.8, 4) is 0 Å². The van der Waals surface area contributed by atoms with Crippen LogP contribution in [0.15, 0.2) is 0 Å². The van der Waals surface area contributed by atoms with Crippen molar-refractivity contribution in [3.63, 3.8) is 0 Å². The van der Waals surface area contributed by atoms with Gasteiger partial charge in [0.2, 0.25) is 0 Å². The van der Waals surface area contributed by atoms with Crippen LogP contribution in [-0.4, -0.2) is 38.7 Å². The van der Waals surface area contributed by atoms with Gasteiger partial charge in [0.1, 0.15) is 12.7 Å². The molecule has 0 heterocycles. The SMILES string of the molecule is CC(=O)OC[C@@H](O)CO[Si](C)(C)C(C)(C)C. The smallest absolute Gasteiger partial charge is 0.302 e. The Balaban J connectivity index is 4.00. The van der Waals surface area contributed by atoms with Gasteiger partial charge in [0.05, 0.1) is 6.61 Å². The molecular weight excluding hydrogens is 224 g/mol. The van der Waals surface area contributed by atoms with Gasteiger partial charge in [0.15, 0.2) is 8.32 Å². The molecule has 0 bridgehead atoms. The first-order valence-electron chi connectivity index (χ1n) is 5.51. The summed E-state index contributed by atoms with van der Waals surface area (Å²) in [6.07, 6.45) is -0.738. The Labute approximate surface area is 99.1 Å². The first-order valence-corrected chi connectivity index (χ1v) is 8.42. The van der Waals surface area contributed by atoms with Crippen LogP contribution in [0.5, 0.6) is 0 Å². The second-order valence-electron chi connectivity index (χ2n) is 5.53. The van der Waals surface area contributed by atoms with E-state index in [-0.39, 0.29) is 24.2 Å². The van der Waals surface area contributed by atoms with E-state index in [2.05, 4.69) is 33.9 Å².